The molecule has 5 atom stereocenters. The largest absolute Gasteiger partial charge is 0.459 e. The standard InChI is InChI=1S/C17H23IN2O7S/c1-5-28-14-13(26-10(4)22)12(11(6-18)25-9(3)21)27-16(14)20-7-8(2)15(23)19-17(20)24/h7,11-14,16H,5-6H2,1-4H3,(H,19,23,24). The predicted octanol–water partition coefficient (Wildman–Crippen LogP) is 1.16. The molecule has 1 aliphatic rings. The third-order valence-electron chi connectivity index (χ3n) is 4.14. The Morgan fingerprint density at radius 3 is 2.57 bits per heavy atom. The summed E-state index contributed by atoms with van der Waals surface area (Å²) in [4.78, 5) is 49.6. The van der Waals surface area contributed by atoms with Crippen molar-refractivity contribution in [3.8, 4) is 0 Å². The molecular weight excluding hydrogens is 503 g/mol. The lowest BCUT2D eigenvalue weighted by molar-refractivity contribution is -0.163. The third-order valence-corrected chi connectivity index (χ3v) is 6.23. The van der Waals surface area contributed by atoms with Crippen LogP contribution >= 0.6 is 34.4 Å². The van der Waals surface area contributed by atoms with Gasteiger partial charge in [0.05, 0.1) is 5.25 Å². The molecule has 0 aromatic carbocycles. The van der Waals surface area contributed by atoms with E-state index < -0.39 is 53.0 Å². The Morgan fingerprint density at radius 1 is 1.36 bits per heavy atom. The summed E-state index contributed by atoms with van der Waals surface area (Å²) >= 11 is 3.53. The van der Waals surface area contributed by atoms with Crippen LogP contribution in [0.5, 0.6) is 0 Å². The molecule has 0 aliphatic carbocycles. The van der Waals surface area contributed by atoms with E-state index in [4.69, 9.17) is 14.2 Å². The van der Waals surface area contributed by atoms with E-state index in [1.54, 1.807) is 6.92 Å². The SMILES string of the molecule is CCSC1C(OC(C)=O)C(C(CI)OC(C)=O)OC1n1cc(C)c(=O)[nH]c1=O. The molecule has 1 aliphatic heterocycles. The fourth-order valence-electron chi connectivity index (χ4n) is 3.06. The van der Waals surface area contributed by atoms with Crippen LogP contribution in [0.3, 0.4) is 0 Å². The van der Waals surface area contributed by atoms with E-state index in [-0.39, 0.29) is 0 Å². The number of carbonyl (C=O) groups excluding carboxylic acids is 2. The van der Waals surface area contributed by atoms with Crippen molar-refractivity contribution in [3.05, 3.63) is 32.6 Å². The number of aromatic nitrogens is 2. The summed E-state index contributed by atoms with van der Waals surface area (Å²) in [7, 11) is 0. The van der Waals surface area contributed by atoms with Crippen molar-refractivity contribution >= 4 is 46.3 Å². The van der Waals surface area contributed by atoms with Crippen molar-refractivity contribution in [3.63, 3.8) is 0 Å². The number of halogens is 1. The van der Waals surface area contributed by atoms with Crippen molar-refractivity contribution in [2.75, 3.05) is 10.2 Å². The molecule has 0 bridgehead atoms. The van der Waals surface area contributed by atoms with Crippen LogP contribution in [0.25, 0.3) is 0 Å². The molecule has 0 spiro atoms. The topological polar surface area (TPSA) is 117 Å². The summed E-state index contributed by atoms with van der Waals surface area (Å²) in [5.41, 5.74) is -0.749. The van der Waals surface area contributed by atoms with Crippen LogP contribution < -0.4 is 11.2 Å². The van der Waals surface area contributed by atoms with Gasteiger partial charge < -0.3 is 14.2 Å². The predicted molar refractivity (Wildman–Crippen MR) is 112 cm³/mol. The van der Waals surface area contributed by atoms with Gasteiger partial charge in [-0.25, -0.2) is 4.79 Å². The second-order valence-corrected chi connectivity index (χ2v) is 8.60. The first-order chi connectivity index (χ1) is 13.2. The van der Waals surface area contributed by atoms with E-state index in [9.17, 15) is 19.2 Å². The fourth-order valence-corrected chi connectivity index (χ4v) is 4.88. The number of nitrogens with one attached hydrogen (secondary N) is 1. The van der Waals surface area contributed by atoms with Gasteiger partial charge in [-0.3, -0.25) is 23.9 Å². The number of ether oxygens (including phenoxy) is 3. The summed E-state index contributed by atoms with van der Waals surface area (Å²) in [6, 6.07) is 0. The lowest BCUT2D eigenvalue weighted by Crippen LogP contribution is -2.43. The maximum Gasteiger partial charge on any atom is 0.330 e. The van der Waals surface area contributed by atoms with E-state index in [0.717, 1.165) is 0 Å². The zero-order valence-corrected chi connectivity index (χ0v) is 18.9. The first kappa shape index (κ1) is 22.9. The van der Waals surface area contributed by atoms with Crippen molar-refractivity contribution in [1.82, 2.24) is 9.55 Å². The molecule has 1 N–H and O–H groups in total. The minimum absolute atomic E-state index is 0.348. The minimum Gasteiger partial charge on any atom is -0.459 e. The second-order valence-electron chi connectivity index (χ2n) is 6.27. The summed E-state index contributed by atoms with van der Waals surface area (Å²) in [5.74, 6) is -0.304. The van der Waals surface area contributed by atoms with Gasteiger partial charge in [0.2, 0.25) is 0 Å². The first-order valence-electron chi connectivity index (χ1n) is 8.69. The quantitative estimate of drug-likeness (QED) is 0.320. The zero-order valence-electron chi connectivity index (χ0n) is 16.0. The summed E-state index contributed by atoms with van der Waals surface area (Å²) in [6.07, 6.45) is -1.52. The molecule has 2 heterocycles. The number of aromatic amines is 1. The molecule has 0 radical (unpaired) electrons. The summed E-state index contributed by atoms with van der Waals surface area (Å²) < 4.78 is 18.7. The van der Waals surface area contributed by atoms with Gasteiger partial charge in [0.25, 0.3) is 5.56 Å². The van der Waals surface area contributed by atoms with E-state index in [0.29, 0.717) is 15.7 Å². The summed E-state index contributed by atoms with van der Waals surface area (Å²) in [6.45, 7) is 6.10. The highest BCUT2D eigenvalue weighted by Gasteiger charge is 2.51. The van der Waals surface area contributed by atoms with Gasteiger partial charge in [-0.2, -0.15) is 11.8 Å². The van der Waals surface area contributed by atoms with Gasteiger partial charge in [0.1, 0.15) is 18.3 Å². The van der Waals surface area contributed by atoms with Crippen LogP contribution in [0.15, 0.2) is 15.8 Å². The van der Waals surface area contributed by atoms with Crippen molar-refractivity contribution in [2.45, 2.75) is 57.5 Å². The van der Waals surface area contributed by atoms with Crippen LogP contribution in [0, 0.1) is 6.92 Å². The van der Waals surface area contributed by atoms with E-state index in [1.165, 1.54) is 36.4 Å². The van der Waals surface area contributed by atoms with E-state index in [2.05, 4.69) is 27.6 Å². The molecule has 5 unspecified atom stereocenters. The molecule has 9 nitrogen and oxygen atoms in total. The average Bonchev–Trinajstić information content (AvgIpc) is 2.94. The molecule has 0 saturated carbocycles. The van der Waals surface area contributed by atoms with Gasteiger partial charge >= 0.3 is 17.6 Å². The Hall–Kier alpha value is -1.34. The highest BCUT2D eigenvalue weighted by molar-refractivity contribution is 14.1. The van der Waals surface area contributed by atoms with Crippen molar-refractivity contribution in [2.24, 2.45) is 0 Å². The smallest absolute Gasteiger partial charge is 0.330 e. The number of carbonyl (C=O) groups is 2. The number of esters is 2. The number of thioether (sulfide) groups is 1. The molecule has 1 fully saturated rings. The highest BCUT2D eigenvalue weighted by atomic mass is 127. The Morgan fingerprint density at radius 2 is 2.04 bits per heavy atom. The normalized spacial score (nSPS) is 25.3. The van der Waals surface area contributed by atoms with Crippen LogP contribution in [0.2, 0.25) is 0 Å². The van der Waals surface area contributed by atoms with Crippen LogP contribution in [-0.2, 0) is 23.8 Å². The van der Waals surface area contributed by atoms with Crippen LogP contribution in [0.1, 0.15) is 32.6 Å². The number of rotatable bonds is 7. The molecule has 28 heavy (non-hydrogen) atoms. The third kappa shape index (κ3) is 5.17. The number of hydrogen-bond acceptors (Lipinski definition) is 8. The van der Waals surface area contributed by atoms with E-state index >= 15 is 0 Å². The van der Waals surface area contributed by atoms with Gasteiger partial charge in [-0.15, -0.1) is 0 Å². The lowest BCUT2D eigenvalue weighted by atomic mass is 10.1. The van der Waals surface area contributed by atoms with E-state index in [1.807, 2.05) is 6.92 Å². The summed E-state index contributed by atoms with van der Waals surface area (Å²) in [5, 5.41) is -0.428. The van der Waals surface area contributed by atoms with Crippen LogP contribution in [-0.4, -0.2) is 55.2 Å². The number of aryl methyl sites for hydroxylation is 1. The monoisotopic (exact) mass is 526 g/mol. The van der Waals surface area contributed by atoms with Crippen LogP contribution in [0.4, 0.5) is 0 Å². The number of nitrogens with zero attached hydrogens (tertiary/aromatic N) is 1. The average molecular weight is 526 g/mol. The fraction of sp³-hybridized carbons (Fsp3) is 0.647. The molecule has 1 aromatic rings. The Kier molecular flexibility index (Phi) is 8.13. The van der Waals surface area contributed by atoms with Crippen molar-refractivity contribution in [1.29, 1.82) is 0 Å². The Bertz CT molecular complexity index is 840. The van der Waals surface area contributed by atoms with Gasteiger partial charge in [-0.05, 0) is 12.7 Å². The molecule has 156 valence electrons. The first-order valence-corrected chi connectivity index (χ1v) is 11.3. The molecule has 2 rings (SSSR count). The maximum absolute atomic E-state index is 12.4. The van der Waals surface area contributed by atoms with Gasteiger partial charge in [0, 0.05) is 30.0 Å². The maximum atomic E-state index is 12.4. The zero-order chi connectivity index (χ0) is 21.0. The number of alkyl halides is 1. The van der Waals surface area contributed by atoms with Gasteiger partial charge in [0.15, 0.2) is 6.23 Å². The molecule has 11 heteroatoms. The molecular formula is C17H23IN2O7S. The molecule has 0 amide bonds. The number of H-pyrrole nitrogens is 1. The molecule has 1 aromatic heterocycles. The van der Waals surface area contributed by atoms with Crippen molar-refractivity contribution < 1.29 is 23.8 Å². The lowest BCUT2D eigenvalue weighted by Gasteiger charge is -2.27. The Labute approximate surface area is 179 Å². The second kappa shape index (κ2) is 9.92. The Balaban J connectivity index is 2.52. The van der Waals surface area contributed by atoms with Gasteiger partial charge in [-0.1, -0.05) is 29.5 Å². The highest BCUT2D eigenvalue weighted by Crippen LogP contribution is 2.40. The number of hydrogen-bond donors (Lipinski definition) is 1. The minimum atomic E-state index is -0.802. The molecule has 1 saturated heterocycles.